The number of para-hydroxylation sites is 1. The molecule has 6 rings (SSSR count). The van der Waals surface area contributed by atoms with Gasteiger partial charge in [-0.05, 0) is 46.2 Å². The van der Waals surface area contributed by atoms with Crippen LogP contribution < -0.4 is 0 Å². The van der Waals surface area contributed by atoms with E-state index in [1.165, 1.54) is 22.8 Å². The van der Waals surface area contributed by atoms with Crippen LogP contribution in [0.3, 0.4) is 0 Å². The molecular formula is C30H22F2N4O4. The maximum Gasteiger partial charge on any atom is 0.222 e. The van der Waals surface area contributed by atoms with E-state index >= 15 is 0 Å². The highest BCUT2D eigenvalue weighted by molar-refractivity contribution is 5.96. The summed E-state index contributed by atoms with van der Waals surface area (Å²) in [6, 6.07) is 26.9. The summed E-state index contributed by atoms with van der Waals surface area (Å²) in [7, 11) is 0. The van der Waals surface area contributed by atoms with Gasteiger partial charge in [-0.2, -0.15) is 0 Å². The number of halogens is 2. The predicted octanol–water partition coefficient (Wildman–Crippen LogP) is 7.86. The Kier molecular flexibility index (Phi) is 7.32. The van der Waals surface area contributed by atoms with Gasteiger partial charge < -0.3 is 19.3 Å². The van der Waals surface area contributed by atoms with Crippen LogP contribution in [0.4, 0.5) is 20.2 Å². The fourth-order valence-electron chi connectivity index (χ4n) is 4.63. The first-order valence-corrected chi connectivity index (χ1v) is 12.2. The van der Waals surface area contributed by atoms with E-state index in [1.807, 2.05) is 48.5 Å². The zero-order valence-electron chi connectivity index (χ0n) is 20.9. The summed E-state index contributed by atoms with van der Waals surface area (Å²) in [4.78, 5) is 21.7. The van der Waals surface area contributed by atoms with Gasteiger partial charge >= 0.3 is 0 Å². The number of rotatable bonds is 6. The predicted molar refractivity (Wildman–Crippen MR) is 149 cm³/mol. The number of aromatic hydroxyl groups is 2. The van der Waals surface area contributed by atoms with Crippen molar-refractivity contribution in [3.05, 3.63) is 130 Å². The number of fused-ring (bicyclic) bond motifs is 2. The number of aromatic nitrogens is 2. The molecular weight excluding hydrogens is 518 g/mol. The molecule has 2 N–H and O–H groups in total. The van der Waals surface area contributed by atoms with Crippen molar-refractivity contribution in [1.29, 1.82) is 0 Å². The number of hydrogen-bond donors (Lipinski definition) is 2. The van der Waals surface area contributed by atoms with Crippen LogP contribution in [0.2, 0.25) is 0 Å². The van der Waals surface area contributed by atoms with Crippen molar-refractivity contribution in [1.82, 2.24) is 9.13 Å². The van der Waals surface area contributed by atoms with Gasteiger partial charge in [-0.1, -0.05) is 66.7 Å². The van der Waals surface area contributed by atoms with Gasteiger partial charge in [-0.25, -0.2) is 8.78 Å². The summed E-state index contributed by atoms with van der Waals surface area (Å²) in [6.07, 6.45) is 0. The molecule has 0 spiro atoms. The van der Waals surface area contributed by atoms with Gasteiger partial charge in [-0.3, -0.25) is 0 Å². The van der Waals surface area contributed by atoms with Crippen LogP contribution in [0.25, 0.3) is 21.8 Å². The minimum absolute atomic E-state index is 0.0101. The molecule has 0 atom stereocenters. The highest BCUT2D eigenvalue weighted by Crippen LogP contribution is 2.40. The molecule has 0 saturated heterocycles. The highest BCUT2D eigenvalue weighted by Gasteiger charge is 2.19. The van der Waals surface area contributed by atoms with Gasteiger partial charge in [-0.15, -0.1) is 9.81 Å². The minimum Gasteiger partial charge on any atom is -0.493 e. The van der Waals surface area contributed by atoms with Crippen molar-refractivity contribution in [2.45, 2.75) is 13.1 Å². The Bertz CT molecular complexity index is 1850. The molecule has 0 fully saturated rings. The molecule has 0 saturated carbocycles. The van der Waals surface area contributed by atoms with Crippen LogP contribution in [0.1, 0.15) is 11.1 Å². The second-order valence-corrected chi connectivity index (χ2v) is 8.95. The third-order valence-electron chi connectivity index (χ3n) is 6.54. The topological polar surface area (TPSA) is 109 Å². The van der Waals surface area contributed by atoms with Crippen LogP contribution in [0.15, 0.2) is 107 Å². The van der Waals surface area contributed by atoms with Gasteiger partial charge in [0.05, 0.1) is 24.1 Å². The molecule has 2 heterocycles. The zero-order chi connectivity index (χ0) is 28.2. The average Bonchev–Trinajstić information content (AvgIpc) is 3.39. The lowest BCUT2D eigenvalue weighted by Gasteiger charge is -2.08. The number of hydrogen-bond acceptors (Lipinski definition) is 6. The Hall–Kier alpha value is -5.38. The van der Waals surface area contributed by atoms with E-state index in [4.69, 9.17) is 0 Å². The molecule has 0 aliphatic rings. The van der Waals surface area contributed by atoms with E-state index in [0.717, 1.165) is 17.1 Å². The smallest absolute Gasteiger partial charge is 0.222 e. The van der Waals surface area contributed by atoms with Gasteiger partial charge in [0.15, 0.2) is 11.4 Å². The van der Waals surface area contributed by atoms with Gasteiger partial charge in [0.1, 0.15) is 11.6 Å². The molecule has 2 aromatic heterocycles. The lowest BCUT2D eigenvalue weighted by atomic mass is 10.2. The standard InChI is InChI=1S/C15H10F2N2O2.C15H12N2O2/c16-10-5-6-13-11(7-10)14(18-21)15(20)19(13)8-9-3-1-2-4-12(9)17;18-15-14(16-19)12-8-4-5-9-13(12)17(15)10-11-6-2-1-3-7-11/h1-7,20H,8H2;1-9,18H,10H2. The van der Waals surface area contributed by atoms with Crippen LogP contribution in [-0.4, -0.2) is 19.3 Å². The van der Waals surface area contributed by atoms with E-state index < -0.39 is 17.5 Å². The Labute approximate surface area is 226 Å². The Morgan fingerprint density at radius 1 is 0.625 bits per heavy atom. The molecule has 10 heteroatoms. The van der Waals surface area contributed by atoms with E-state index in [1.54, 1.807) is 28.8 Å². The highest BCUT2D eigenvalue weighted by atomic mass is 19.1. The molecule has 0 radical (unpaired) electrons. The summed E-state index contributed by atoms with van der Waals surface area (Å²) >= 11 is 0. The molecule has 4 aromatic carbocycles. The summed E-state index contributed by atoms with van der Waals surface area (Å²) in [5.74, 6) is -1.47. The van der Waals surface area contributed by atoms with Crippen LogP contribution in [0, 0.1) is 21.4 Å². The first-order valence-electron chi connectivity index (χ1n) is 12.2. The normalized spacial score (nSPS) is 10.8. The lowest BCUT2D eigenvalue weighted by molar-refractivity contribution is 0.428. The number of benzene rings is 4. The lowest BCUT2D eigenvalue weighted by Crippen LogP contribution is -2.01. The second kappa shape index (κ2) is 11.2. The number of nitroso groups, excluding NO2 is 2. The quantitative estimate of drug-likeness (QED) is 0.210. The number of nitrogens with zero attached hydrogens (tertiary/aromatic N) is 4. The fourth-order valence-corrected chi connectivity index (χ4v) is 4.63. The molecule has 8 nitrogen and oxygen atoms in total. The van der Waals surface area contributed by atoms with E-state index in [0.29, 0.717) is 23.0 Å². The third-order valence-corrected chi connectivity index (χ3v) is 6.54. The molecule has 0 amide bonds. The van der Waals surface area contributed by atoms with Gasteiger partial charge in [0.25, 0.3) is 0 Å². The van der Waals surface area contributed by atoms with Gasteiger partial charge in [0.2, 0.25) is 11.8 Å². The summed E-state index contributed by atoms with van der Waals surface area (Å²) in [5, 5.41) is 26.8. The molecule has 200 valence electrons. The first kappa shape index (κ1) is 26.2. The Morgan fingerprint density at radius 3 is 1.90 bits per heavy atom. The summed E-state index contributed by atoms with van der Waals surface area (Å²) < 4.78 is 30.0. The van der Waals surface area contributed by atoms with E-state index in [2.05, 4.69) is 10.4 Å². The minimum atomic E-state index is -0.546. The van der Waals surface area contributed by atoms with Crippen molar-refractivity contribution in [3.63, 3.8) is 0 Å². The van der Waals surface area contributed by atoms with Gasteiger partial charge in [0, 0.05) is 16.3 Å². The second-order valence-electron chi connectivity index (χ2n) is 8.95. The molecule has 0 unspecified atom stereocenters. The zero-order valence-corrected chi connectivity index (χ0v) is 20.9. The van der Waals surface area contributed by atoms with Crippen molar-refractivity contribution >= 4 is 33.2 Å². The van der Waals surface area contributed by atoms with Crippen molar-refractivity contribution in [3.8, 4) is 11.8 Å². The van der Waals surface area contributed by atoms with E-state index in [9.17, 15) is 28.8 Å². The SMILES string of the molecule is O=Nc1c(O)n(Cc2ccccc2)c2ccccc12.O=Nc1c(O)n(Cc2ccccc2F)c2ccc(F)cc12. The van der Waals surface area contributed by atoms with E-state index in [-0.39, 0.29) is 29.2 Å². The largest absolute Gasteiger partial charge is 0.493 e. The third kappa shape index (κ3) is 4.90. The molecule has 40 heavy (non-hydrogen) atoms. The van der Waals surface area contributed by atoms with Crippen molar-refractivity contribution < 1.29 is 19.0 Å². The van der Waals surface area contributed by atoms with Crippen LogP contribution in [-0.2, 0) is 13.1 Å². The van der Waals surface area contributed by atoms with Crippen LogP contribution >= 0.6 is 0 Å². The molecule has 0 bridgehead atoms. The maximum atomic E-state index is 13.7. The average molecular weight is 541 g/mol. The van der Waals surface area contributed by atoms with Crippen molar-refractivity contribution in [2.24, 2.45) is 10.4 Å². The first-order chi connectivity index (χ1) is 19.4. The maximum absolute atomic E-state index is 13.7. The monoisotopic (exact) mass is 540 g/mol. The van der Waals surface area contributed by atoms with Crippen molar-refractivity contribution in [2.75, 3.05) is 0 Å². The fraction of sp³-hybridized carbons (Fsp3) is 0.0667. The molecule has 6 aromatic rings. The summed E-state index contributed by atoms with van der Waals surface area (Å²) in [6.45, 7) is 0.513. The van der Waals surface area contributed by atoms with Crippen LogP contribution in [0.5, 0.6) is 11.8 Å². The summed E-state index contributed by atoms with van der Waals surface area (Å²) in [5.41, 5.74) is 2.46. The molecule has 0 aliphatic carbocycles. The Morgan fingerprint density at radius 2 is 1.20 bits per heavy atom. The molecule has 0 aliphatic heterocycles. The Balaban J connectivity index is 0.000000162.